The monoisotopic (exact) mass is 324 g/mol. The van der Waals surface area contributed by atoms with Crippen molar-refractivity contribution in [3.8, 4) is 0 Å². The fraction of sp³-hybridized carbons (Fsp3) is 0.615. The van der Waals surface area contributed by atoms with Gasteiger partial charge in [-0.3, -0.25) is 0 Å². The van der Waals surface area contributed by atoms with Crippen LogP contribution in [0.3, 0.4) is 0 Å². The molecule has 1 aliphatic rings. The quantitative estimate of drug-likeness (QED) is 0.839. The molecule has 0 spiro atoms. The van der Waals surface area contributed by atoms with Crippen molar-refractivity contribution in [3.63, 3.8) is 0 Å². The molecule has 1 unspecified atom stereocenters. The highest BCUT2D eigenvalue weighted by atomic mass is 35.5. The van der Waals surface area contributed by atoms with Crippen molar-refractivity contribution in [2.24, 2.45) is 5.92 Å². The number of pyridine rings is 1. The summed E-state index contributed by atoms with van der Waals surface area (Å²) in [6, 6.07) is 0.944. The molecule has 7 heteroatoms. The van der Waals surface area contributed by atoms with Gasteiger partial charge in [-0.25, -0.2) is 4.98 Å². The molecule has 1 aliphatic heterocycles. The van der Waals surface area contributed by atoms with Crippen LogP contribution in [0.15, 0.2) is 17.3 Å². The number of piperidine rings is 1. The largest absolute Gasteiger partial charge is 0.417 e. The Kier molecular flexibility index (Phi) is 5.57. The molecule has 112 valence electrons. The van der Waals surface area contributed by atoms with Gasteiger partial charge in [-0.1, -0.05) is 11.6 Å². The van der Waals surface area contributed by atoms with E-state index in [1.54, 1.807) is 0 Å². The van der Waals surface area contributed by atoms with E-state index in [-0.39, 0.29) is 5.02 Å². The molecule has 0 saturated carbocycles. The van der Waals surface area contributed by atoms with E-state index in [0.717, 1.165) is 37.5 Å². The lowest BCUT2D eigenvalue weighted by Gasteiger charge is -2.22. The zero-order valence-electron chi connectivity index (χ0n) is 10.8. The Labute approximate surface area is 125 Å². The number of aromatic nitrogens is 1. The number of alkyl halides is 3. The molecule has 0 radical (unpaired) electrons. The van der Waals surface area contributed by atoms with Crippen molar-refractivity contribution in [2.45, 2.75) is 30.5 Å². The standard InChI is InChI=1S/C13H16ClF3N2S/c14-11-6-10(13(15,16)17)8-19-12(11)20-5-3-9-2-1-4-18-7-9/h6,8-9,18H,1-5,7H2. The Morgan fingerprint density at radius 3 is 2.85 bits per heavy atom. The van der Waals surface area contributed by atoms with Gasteiger partial charge in [0.15, 0.2) is 0 Å². The van der Waals surface area contributed by atoms with Crippen molar-refractivity contribution < 1.29 is 13.2 Å². The molecule has 20 heavy (non-hydrogen) atoms. The van der Waals surface area contributed by atoms with E-state index in [2.05, 4.69) is 10.3 Å². The second-order valence-corrected chi connectivity index (χ2v) is 6.35. The molecule has 1 saturated heterocycles. The number of nitrogens with zero attached hydrogens (tertiary/aromatic N) is 1. The van der Waals surface area contributed by atoms with Crippen molar-refractivity contribution in [2.75, 3.05) is 18.8 Å². The molecule has 1 aromatic heterocycles. The van der Waals surface area contributed by atoms with Crippen molar-refractivity contribution >= 4 is 23.4 Å². The van der Waals surface area contributed by atoms with E-state index in [0.29, 0.717) is 10.9 Å². The van der Waals surface area contributed by atoms with Crippen LogP contribution >= 0.6 is 23.4 Å². The van der Waals surface area contributed by atoms with Crippen LogP contribution in [-0.4, -0.2) is 23.8 Å². The van der Waals surface area contributed by atoms with Gasteiger partial charge in [-0.2, -0.15) is 13.2 Å². The summed E-state index contributed by atoms with van der Waals surface area (Å²) in [4.78, 5) is 3.82. The Morgan fingerprint density at radius 1 is 1.45 bits per heavy atom. The zero-order valence-corrected chi connectivity index (χ0v) is 12.4. The minimum Gasteiger partial charge on any atom is -0.316 e. The normalized spacial score (nSPS) is 20.1. The number of rotatable bonds is 4. The summed E-state index contributed by atoms with van der Waals surface area (Å²) >= 11 is 7.28. The smallest absolute Gasteiger partial charge is 0.316 e. The molecule has 0 amide bonds. The van der Waals surface area contributed by atoms with E-state index in [9.17, 15) is 13.2 Å². The SMILES string of the molecule is FC(F)(F)c1cnc(SCCC2CCCNC2)c(Cl)c1. The Morgan fingerprint density at radius 2 is 2.25 bits per heavy atom. The maximum absolute atomic E-state index is 12.5. The molecule has 1 aromatic rings. The van der Waals surface area contributed by atoms with Gasteiger partial charge in [0, 0.05) is 6.20 Å². The summed E-state index contributed by atoms with van der Waals surface area (Å²) in [6.45, 7) is 2.10. The Balaban J connectivity index is 1.86. The topological polar surface area (TPSA) is 24.9 Å². The van der Waals surface area contributed by atoms with Crippen LogP contribution in [0, 0.1) is 5.92 Å². The predicted molar refractivity (Wildman–Crippen MR) is 75.2 cm³/mol. The van der Waals surface area contributed by atoms with Gasteiger partial charge in [0.25, 0.3) is 0 Å². The predicted octanol–water partition coefficient (Wildman–Crippen LogP) is 4.24. The van der Waals surface area contributed by atoms with Gasteiger partial charge in [0.2, 0.25) is 0 Å². The van der Waals surface area contributed by atoms with Gasteiger partial charge in [-0.05, 0) is 50.1 Å². The second-order valence-electron chi connectivity index (χ2n) is 4.86. The van der Waals surface area contributed by atoms with Gasteiger partial charge in [0.1, 0.15) is 5.03 Å². The first kappa shape index (κ1) is 15.9. The van der Waals surface area contributed by atoms with E-state index in [4.69, 9.17) is 11.6 Å². The van der Waals surface area contributed by atoms with Crippen LogP contribution < -0.4 is 5.32 Å². The number of hydrogen-bond donors (Lipinski definition) is 1. The number of halogens is 4. The number of nitrogens with one attached hydrogen (secondary N) is 1. The molecule has 1 N–H and O–H groups in total. The van der Waals surface area contributed by atoms with Gasteiger partial charge in [-0.15, -0.1) is 11.8 Å². The molecule has 0 bridgehead atoms. The van der Waals surface area contributed by atoms with Crippen LogP contribution in [0.4, 0.5) is 13.2 Å². The molecular weight excluding hydrogens is 309 g/mol. The Hall–Kier alpha value is -0.460. The second kappa shape index (κ2) is 7.00. The summed E-state index contributed by atoms with van der Waals surface area (Å²) in [6.07, 6.45) is -0.128. The molecule has 2 heterocycles. The highest BCUT2D eigenvalue weighted by Crippen LogP contribution is 2.34. The van der Waals surface area contributed by atoms with Crippen molar-refractivity contribution in [3.05, 3.63) is 22.8 Å². The van der Waals surface area contributed by atoms with Crippen LogP contribution in [0.5, 0.6) is 0 Å². The third-order valence-electron chi connectivity index (χ3n) is 3.30. The first-order chi connectivity index (χ1) is 9.47. The first-order valence-electron chi connectivity index (χ1n) is 6.53. The van der Waals surface area contributed by atoms with Crippen LogP contribution in [0.2, 0.25) is 5.02 Å². The fourth-order valence-electron chi connectivity index (χ4n) is 2.18. The molecular formula is C13H16ClF3N2S. The van der Waals surface area contributed by atoms with E-state index in [1.165, 1.54) is 24.6 Å². The average Bonchev–Trinajstić information content (AvgIpc) is 2.40. The zero-order chi connectivity index (χ0) is 14.6. The lowest BCUT2D eigenvalue weighted by atomic mass is 9.97. The maximum Gasteiger partial charge on any atom is 0.417 e. The Bertz CT molecular complexity index is 448. The third kappa shape index (κ3) is 4.53. The molecule has 1 atom stereocenters. The van der Waals surface area contributed by atoms with E-state index in [1.807, 2.05) is 0 Å². The van der Waals surface area contributed by atoms with E-state index >= 15 is 0 Å². The maximum atomic E-state index is 12.5. The highest BCUT2D eigenvalue weighted by Gasteiger charge is 2.31. The summed E-state index contributed by atoms with van der Waals surface area (Å²) in [5.74, 6) is 1.47. The fourth-order valence-corrected chi connectivity index (χ4v) is 3.48. The van der Waals surface area contributed by atoms with E-state index < -0.39 is 11.7 Å². The molecule has 1 fully saturated rings. The minimum atomic E-state index is -4.40. The van der Waals surface area contributed by atoms with Gasteiger partial charge >= 0.3 is 6.18 Å². The lowest BCUT2D eigenvalue weighted by molar-refractivity contribution is -0.137. The summed E-state index contributed by atoms with van der Waals surface area (Å²) in [5.41, 5.74) is -0.802. The van der Waals surface area contributed by atoms with Gasteiger partial charge in [0.05, 0.1) is 10.6 Å². The summed E-state index contributed by atoms with van der Waals surface area (Å²) in [5, 5.41) is 3.89. The van der Waals surface area contributed by atoms with Gasteiger partial charge < -0.3 is 5.32 Å². The first-order valence-corrected chi connectivity index (χ1v) is 7.89. The van der Waals surface area contributed by atoms with Crippen LogP contribution in [0.1, 0.15) is 24.8 Å². The van der Waals surface area contributed by atoms with Crippen LogP contribution in [0.25, 0.3) is 0 Å². The highest BCUT2D eigenvalue weighted by molar-refractivity contribution is 7.99. The van der Waals surface area contributed by atoms with Crippen LogP contribution in [-0.2, 0) is 6.18 Å². The third-order valence-corrected chi connectivity index (χ3v) is 4.74. The molecule has 0 aromatic carbocycles. The number of hydrogen-bond acceptors (Lipinski definition) is 3. The molecule has 2 nitrogen and oxygen atoms in total. The number of thioether (sulfide) groups is 1. The molecule has 0 aliphatic carbocycles. The summed E-state index contributed by atoms with van der Waals surface area (Å²) in [7, 11) is 0. The average molecular weight is 325 g/mol. The van der Waals surface area contributed by atoms with Crippen molar-refractivity contribution in [1.29, 1.82) is 0 Å². The minimum absolute atomic E-state index is 0.0756. The lowest BCUT2D eigenvalue weighted by Crippen LogP contribution is -2.29. The van der Waals surface area contributed by atoms with Crippen molar-refractivity contribution in [1.82, 2.24) is 10.3 Å². The summed E-state index contributed by atoms with van der Waals surface area (Å²) < 4.78 is 37.4. The molecule has 2 rings (SSSR count).